The minimum Gasteiger partial charge on any atom is -0.462 e. The predicted molar refractivity (Wildman–Crippen MR) is 145 cm³/mol. The second kappa shape index (κ2) is 11.8. The summed E-state index contributed by atoms with van der Waals surface area (Å²) in [6.45, 7) is 6.36. The van der Waals surface area contributed by atoms with Gasteiger partial charge in [0.15, 0.2) is 5.82 Å². The maximum Gasteiger partial charge on any atom is 0.342 e. The second-order valence-corrected chi connectivity index (χ2v) is 8.81. The molecule has 0 saturated carbocycles. The summed E-state index contributed by atoms with van der Waals surface area (Å²) in [7, 11) is 0. The molecule has 1 aliphatic heterocycles. The van der Waals surface area contributed by atoms with Crippen molar-refractivity contribution in [2.75, 3.05) is 38.2 Å². The highest BCUT2D eigenvalue weighted by atomic mass is 16.5. The molecule has 0 unspecified atom stereocenters. The van der Waals surface area contributed by atoms with Crippen LogP contribution in [0.2, 0.25) is 0 Å². The Kier molecular flexibility index (Phi) is 7.84. The van der Waals surface area contributed by atoms with Crippen LogP contribution in [0, 0.1) is 0 Å². The Morgan fingerprint density at radius 2 is 1.54 bits per heavy atom. The zero-order valence-corrected chi connectivity index (χ0v) is 20.9. The van der Waals surface area contributed by atoms with Crippen LogP contribution in [0.15, 0.2) is 84.9 Å². The zero-order valence-electron chi connectivity index (χ0n) is 20.9. The molecule has 4 aromatic rings. The molecule has 188 valence electrons. The molecule has 0 amide bonds. The van der Waals surface area contributed by atoms with Gasteiger partial charge in [0.2, 0.25) is 0 Å². The van der Waals surface area contributed by atoms with Crippen LogP contribution in [-0.4, -0.2) is 54.0 Å². The van der Waals surface area contributed by atoms with Crippen molar-refractivity contribution in [3.8, 4) is 22.4 Å². The highest BCUT2D eigenvalue weighted by Crippen LogP contribution is 2.37. The third-order valence-corrected chi connectivity index (χ3v) is 6.29. The number of morpholine rings is 1. The summed E-state index contributed by atoms with van der Waals surface area (Å²) >= 11 is 0. The molecule has 0 bridgehead atoms. The van der Waals surface area contributed by atoms with Gasteiger partial charge >= 0.3 is 5.97 Å². The van der Waals surface area contributed by atoms with Crippen molar-refractivity contribution >= 4 is 17.5 Å². The molecule has 1 saturated heterocycles. The zero-order chi connectivity index (χ0) is 25.5. The lowest BCUT2D eigenvalue weighted by Crippen LogP contribution is -2.35. The first-order chi connectivity index (χ1) is 18.2. The Labute approximate surface area is 217 Å². The van der Waals surface area contributed by atoms with E-state index in [1.807, 2.05) is 72.8 Å². The molecule has 5 rings (SSSR count). The normalized spacial score (nSPS) is 13.8. The third-order valence-electron chi connectivity index (χ3n) is 6.29. The average molecular weight is 495 g/mol. The predicted octanol–water partition coefficient (Wildman–Crippen LogP) is 5.56. The van der Waals surface area contributed by atoms with Gasteiger partial charge in [0, 0.05) is 36.4 Å². The largest absolute Gasteiger partial charge is 0.462 e. The highest BCUT2D eigenvalue weighted by molar-refractivity contribution is 6.05. The van der Waals surface area contributed by atoms with Crippen molar-refractivity contribution in [2.45, 2.75) is 13.5 Å². The smallest absolute Gasteiger partial charge is 0.342 e. The number of ether oxygens (including phenoxy) is 2. The molecular weight excluding hydrogens is 464 g/mol. The van der Waals surface area contributed by atoms with Gasteiger partial charge in [0.25, 0.3) is 0 Å². The van der Waals surface area contributed by atoms with E-state index in [-0.39, 0.29) is 6.61 Å². The van der Waals surface area contributed by atoms with Gasteiger partial charge < -0.3 is 14.8 Å². The Hall–Kier alpha value is -4.07. The molecule has 37 heavy (non-hydrogen) atoms. The highest BCUT2D eigenvalue weighted by Gasteiger charge is 2.25. The lowest BCUT2D eigenvalue weighted by atomic mass is 9.95. The SMILES string of the molecule is CCOC(=O)c1c(Nc2ccc(CN3CCOCC3)cc2)nnc(-c2ccccc2)c1-c1ccccc1. The van der Waals surface area contributed by atoms with Gasteiger partial charge in [0.1, 0.15) is 11.3 Å². The van der Waals surface area contributed by atoms with Gasteiger partial charge in [-0.25, -0.2) is 4.79 Å². The van der Waals surface area contributed by atoms with Crippen molar-refractivity contribution in [2.24, 2.45) is 0 Å². The van der Waals surface area contributed by atoms with E-state index < -0.39 is 5.97 Å². The summed E-state index contributed by atoms with van der Waals surface area (Å²) in [5.41, 5.74) is 5.44. The Morgan fingerprint density at radius 1 is 0.892 bits per heavy atom. The van der Waals surface area contributed by atoms with Crippen molar-refractivity contribution < 1.29 is 14.3 Å². The van der Waals surface area contributed by atoms with Gasteiger partial charge in [-0.2, -0.15) is 0 Å². The minimum atomic E-state index is -0.445. The molecule has 3 aromatic carbocycles. The molecule has 1 aromatic heterocycles. The van der Waals surface area contributed by atoms with Crippen LogP contribution >= 0.6 is 0 Å². The number of rotatable bonds is 8. The minimum absolute atomic E-state index is 0.256. The number of hydrogen-bond acceptors (Lipinski definition) is 7. The monoisotopic (exact) mass is 494 g/mol. The van der Waals surface area contributed by atoms with Crippen molar-refractivity contribution in [1.82, 2.24) is 15.1 Å². The molecule has 0 spiro atoms. The number of hydrogen-bond donors (Lipinski definition) is 1. The van der Waals surface area contributed by atoms with Crippen molar-refractivity contribution in [3.05, 3.63) is 96.1 Å². The maximum absolute atomic E-state index is 13.4. The summed E-state index contributed by atoms with van der Waals surface area (Å²) in [4.78, 5) is 15.7. The number of nitrogens with one attached hydrogen (secondary N) is 1. The second-order valence-electron chi connectivity index (χ2n) is 8.81. The van der Waals surface area contributed by atoms with Gasteiger partial charge in [-0.1, -0.05) is 72.8 Å². The molecule has 7 heteroatoms. The molecule has 1 aliphatic rings. The van der Waals surface area contributed by atoms with E-state index >= 15 is 0 Å². The number of esters is 1. The molecule has 1 fully saturated rings. The lowest BCUT2D eigenvalue weighted by molar-refractivity contribution is 0.0342. The molecule has 1 N–H and O–H groups in total. The fourth-order valence-corrected chi connectivity index (χ4v) is 4.46. The van der Waals surface area contributed by atoms with Crippen LogP contribution in [0.3, 0.4) is 0 Å². The van der Waals surface area contributed by atoms with Gasteiger partial charge in [0.05, 0.1) is 19.8 Å². The third kappa shape index (κ3) is 5.85. The van der Waals surface area contributed by atoms with Crippen LogP contribution < -0.4 is 5.32 Å². The number of aromatic nitrogens is 2. The quantitative estimate of drug-likeness (QED) is 0.321. The molecule has 7 nitrogen and oxygen atoms in total. The topological polar surface area (TPSA) is 76.6 Å². The van der Waals surface area contributed by atoms with Crippen LogP contribution in [0.1, 0.15) is 22.8 Å². The molecule has 0 aliphatic carbocycles. The molecule has 0 radical (unpaired) electrons. The van der Waals surface area contributed by atoms with E-state index in [0.717, 1.165) is 49.7 Å². The Balaban J connectivity index is 1.53. The average Bonchev–Trinajstić information content (AvgIpc) is 2.95. The molecule has 0 atom stereocenters. The van der Waals surface area contributed by atoms with Gasteiger partial charge in [-0.3, -0.25) is 4.90 Å². The van der Waals surface area contributed by atoms with Crippen LogP contribution in [0.4, 0.5) is 11.5 Å². The van der Waals surface area contributed by atoms with Gasteiger partial charge in [-0.05, 0) is 30.2 Å². The Bertz CT molecular complexity index is 1320. The first-order valence-corrected chi connectivity index (χ1v) is 12.6. The fraction of sp³-hybridized carbons (Fsp3) is 0.233. The van der Waals surface area contributed by atoms with Crippen LogP contribution in [0.5, 0.6) is 0 Å². The summed E-state index contributed by atoms with van der Waals surface area (Å²) in [6, 6.07) is 27.7. The van der Waals surface area contributed by atoms with Crippen molar-refractivity contribution in [3.63, 3.8) is 0 Å². The summed E-state index contributed by atoms with van der Waals surface area (Å²) in [5, 5.41) is 12.4. The van der Waals surface area contributed by atoms with E-state index in [1.165, 1.54) is 5.56 Å². The van der Waals surface area contributed by atoms with Gasteiger partial charge in [-0.15, -0.1) is 10.2 Å². The fourth-order valence-electron chi connectivity index (χ4n) is 4.46. The Morgan fingerprint density at radius 3 is 2.19 bits per heavy atom. The lowest BCUT2D eigenvalue weighted by Gasteiger charge is -2.26. The maximum atomic E-state index is 13.4. The number of anilines is 2. The first-order valence-electron chi connectivity index (χ1n) is 12.6. The number of benzene rings is 3. The summed E-state index contributed by atoms with van der Waals surface area (Å²) < 4.78 is 10.9. The molecule has 2 heterocycles. The number of carbonyl (C=O) groups is 1. The number of nitrogens with zero attached hydrogens (tertiary/aromatic N) is 3. The van der Waals surface area contributed by atoms with E-state index in [0.29, 0.717) is 22.6 Å². The summed E-state index contributed by atoms with van der Waals surface area (Å²) in [6.07, 6.45) is 0. The van der Waals surface area contributed by atoms with Crippen LogP contribution in [0.25, 0.3) is 22.4 Å². The van der Waals surface area contributed by atoms with E-state index in [1.54, 1.807) is 6.92 Å². The standard InChI is InChI=1S/C30H30N4O3/c1-2-37-30(35)27-26(23-9-5-3-6-10-23)28(24-11-7-4-8-12-24)32-33-29(27)31-25-15-13-22(14-16-25)21-34-17-19-36-20-18-34/h3-16H,2,17-21H2,1H3,(H,31,33). The van der Waals surface area contributed by atoms with Crippen LogP contribution in [-0.2, 0) is 16.0 Å². The number of carbonyl (C=O) groups excluding carboxylic acids is 1. The summed E-state index contributed by atoms with van der Waals surface area (Å²) in [5.74, 6) is -0.0854. The molecular formula is C30H30N4O3. The van der Waals surface area contributed by atoms with E-state index in [4.69, 9.17) is 9.47 Å². The van der Waals surface area contributed by atoms with Crippen molar-refractivity contribution in [1.29, 1.82) is 0 Å². The van der Waals surface area contributed by atoms with E-state index in [9.17, 15) is 4.79 Å². The van der Waals surface area contributed by atoms with E-state index in [2.05, 4.69) is 32.5 Å². The first kappa shape index (κ1) is 24.6.